The molecule has 114 valence electrons. The second-order valence-electron chi connectivity index (χ2n) is 5.66. The topological polar surface area (TPSA) is 49.4 Å². The number of carbonyl (C=O) groups is 2. The largest absolute Gasteiger partial charge is 0.343 e. The zero-order chi connectivity index (χ0) is 15.6. The lowest BCUT2D eigenvalue weighted by Crippen LogP contribution is -2.63. The van der Waals surface area contributed by atoms with Gasteiger partial charge in [0.1, 0.15) is 12.1 Å². The van der Waals surface area contributed by atoms with Crippen molar-refractivity contribution in [1.29, 1.82) is 0 Å². The van der Waals surface area contributed by atoms with E-state index in [9.17, 15) is 9.59 Å². The lowest BCUT2D eigenvalue weighted by molar-refractivity contribution is -0.151. The van der Waals surface area contributed by atoms with Gasteiger partial charge in [-0.25, -0.2) is 0 Å². The Morgan fingerprint density at radius 1 is 1.38 bits per heavy atom. The molecule has 3 unspecified atom stereocenters. The number of hydrogen-bond donors (Lipinski definition) is 1. The minimum atomic E-state index is -0.475. The van der Waals surface area contributed by atoms with Crippen LogP contribution in [0, 0.1) is 5.92 Å². The Bertz CT molecular complexity index is 547. The molecule has 0 radical (unpaired) electrons. The van der Waals surface area contributed by atoms with Gasteiger partial charge in [0.25, 0.3) is 0 Å². The molecular formula is C16H21ClN2O2. The number of amides is 2. The van der Waals surface area contributed by atoms with Gasteiger partial charge in [0.15, 0.2) is 0 Å². The van der Waals surface area contributed by atoms with Crippen molar-refractivity contribution >= 4 is 23.4 Å². The summed E-state index contributed by atoms with van der Waals surface area (Å²) in [5.74, 6) is -0.000937. The van der Waals surface area contributed by atoms with Gasteiger partial charge in [-0.3, -0.25) is 9.59 Å². The Morgan fingerprint density at radius 2 is 2.10 bits per heavy atom. The third-order valence-corrected chi connectivity index (χ3v) is 4.28. The van der Waals surface area contributed by atoms with E-state index in [1.807, 2.05) is 32.0 Å². The van der Waals surface area contributed by atoms with E-state index >= 15 is 0 Å². The highest BCUT2D eigenvalue weighted by Crippen LogP contribution is 2.23. The summed E-state index contributed by atoms with van der Waals surface area (Å²) in [5.41, 5.74) is 0.936. The van der Waals surface area contributed by atoms with Crippen molar-refractivity contribution in [3.8, 4) is 0 Å². The van der Waals surface area contributed by atoms with Gasteiger partial charge >= 0.3 is 0 Å². The van der Waals surface area contributed by atoms with Gasteiger partial charge in [0, 0.05) is 11.6 Å². The maximum Gasteiger partial charge on any atom is 0.245 e. The number of nitrogens with one attached hydrogen (secondary N) is 1. The van der Waals surface area contributed by atoms with Crippen LogP contribution >= 0.6 is 11.6 Å². The minimum absolute atomic E-state index is 0.0418. The van der Waals surface area contributed by atoms with E-state index < -0.39 is 12.1 Å². The lowest BCUT2D eigenvalue weighted by atomic mass is 9.93. The van der Waals surface area contributed by atoms with E-state index in [1.165, 1.54) is 0 Å². The van der Waals surface area contributed by atoms with E-state index in [0.717, 1.165) is 12.0 Å². The molecule has 2 rings (SSSR count). The second-order valence-corrected chi connectivity index (χ2v) is 6.09. The summed E-state index contributed by atoms with van der Waals surface area (Å²) in [6, 6.07) is 6.51. The second kappa shape index (κ2) is 6.48. The predicted molar refractivity (Wildman–Crippen MR) is 82.8 cm³/mol. The number of benzene rings is 1. The van der Waals surface area contributed by atoms with Crippen molar-refractivity contribution in [3.05, 3.63) is 34.9 Å². The summed E-state index contributed by atoms with van der Waals surface area (Å²) in [6.45, 7) is 6.15. The first-order chi connectivity index (χ1) is 9.93. The fraction of sp³-hybridized carbons (Fsp3) is 0.500. The first-order valence-electron chi connectivity index (χ1n) is 7.29. The average molecular weight is 309 g/mol. The summed E-state index contributed by atoms with van der Waals surface area (Å²) < 4.78 is 0. The van der Waals surface area contributed by atoms with Crippen LogP contribution in [0.2, 0.25) is 5.02 Å². The highest BCUT2D eigenvalue weighted by molar-refractivity contribution is 6.30. The van der Waals surface area contributed by atoms with Crippen LogP contribution in [0.15, 0.2) is 24.3 Å². The summed E-state index contributed by atoms with van der Waals surface area (Å²) in [5, 5.41) is 3.40. The van der Waals surface area contributed by atoms with Crippen LogP contribution in [0.3, 0.4) is 0 Å². The molecule has 5 heteroatoms. The van der Waals surface area contributed by atoms with Crippen LogP contribution < -0.4 is 5.32 Å². The van der Waals surface area contributed by atoms with Crippen molar-refractivity contribution in [2.75, 3.05) is 0 Å². The molecule has 1 aliphatic heterocycles. The first-order valence-corrected chi connectivity index (χ1v) is 7.67. The average Bonchev–Trinajstić information content (AvgIpc) is 2.44. The van der Waals surface area contributed by atoms with E-state index in [4.69, 9.17) is 11.6 Å². The lowest BCUT2D eigenvalue weighted by Gasteiger charge is -2.40. The number of piperazine rings is 1. The quantitative estimate of drug-likeness (QED) is 0.929. The predicted octanol–water partition coefficient (Wildman–Crippen LogP) is 2.60. The van der Waals surface area contributed by atoms with E-state index in [1.54, 1.807) is 17.9 Å². The molecule has 1 aliphatic rings. The Kier molecular flexibility index (Phi) is 4.88. The highest BCUT2D eigenvalue weighted by atomic mass is 35.5. The smallest absolute Gasteiger partial charge is 0.245 e. The van der Waals surface area contributed by atoms with Crippen LogP contribution in [0.25, 0.3) is 0 Å². The summed E-state index contributed by atoms with van der Waals surface area (Å²) in [4.78, 5) is 26.4. The fourth-order valence-electron chi connectivity index (χ4n) is 2.69. The van der Waals surface area contributed by atoms with Crippen molar-refractivity contribution in [2.45, 2.75) is 45.8 Å². The van der Waals surface area contributed by atoms with Crippen molar-refractivity contribution in [3.63, 3.8) is 0 Å². The van der Waals surface area contributed by atoms with Gasteiger partial charge in [-0.15, -0.1) is 0 Å². The molecule has 4 nitrogen and oxygen atoms in total. The van der Waals surface area contributed by atoms with Crippen molar-refractivity contribution in [1.82, 2.24) is 10.2 Å². The third-order valence-electron chi connectivity index (χ3n) is 4.04. The maximum absolute atomic E-state index is 12.5. The number of halogens is 1. The molecule has 0 spiro atoms. The van der Waals surface area contributed by atoms with Gasteiger partial charge in [-0.2, -0.15) is 0 Å². The monoisotopic (exact) mass is 308 g/mol. The summed E-state index contributed by atoms with van der Waals surface area (Å²) in [6.07, 6.45) is 0.839. The van der Waals surface area contributed by atoms with Gasteiger partial charge in [0.05, 0.1) is 0 Å². The van der Waals surface area contributed by atoms with E-state index in [0.29, 0.717) is 11.6 Å². The standard InChI is InChI=1S/C16H21ClN2O2/c1-4-10(2)14-15(20)18-11(3)16(21)19(14)9-12-6-5-7-13(17)8-12/h5-8,10-11,14H,4,9H2,1-3H3,(H,18,20). The molecule has 3 atom stereocenters. The molecule has 1 aromatic rings. The van der Waals surface area contributed by atoms with Crippen molar-refractivity contribution < 1.29 is 9.59 Å². The van der Waals surface area contributed by atoms with Gasteiger partial charge in [-0.05, 0) is 30.5 Å². The molecule has 0 aliphatic carbocycles. The van der Waals surface area contributed by atoms with Crippen LogP contribution in [-0.2, 0) is 16.1 Å². The molecule has 1 aromatic carbocycles. The molecule has 0 aromatic heterocycles. The number of rotatable bonds is 4. The Morgan fingerprint density at radius 3 is 2.71 bits per heavy atom. The first kappa shape index (κ1) is 15.8. The Hall–Kier alpha value is -1.55. The molecule has 1 fully saturated rings. The molecular weight excluding hydrogens is 288 g/mol. The van der Waals surface area contributed by atoms with Gasteiger partial charge in [-0.1, -0.05) is 44.0 Å². The third kappa shape index (κ3) is 3.38. The minimum Gasteiger partial charge on any atom is -0.343 e. The Balaban J connectivity index is 2.29. The molecule has 1 heterocycles. The SMILES string of the molecule is CCC(C)C1C(=O)NC(C)C(=O)N1Cc1cccc(Cl)c1. The highest BCUT2D eigenvalue weighted by Gasteiger charge is 2.40. The maximum atomic E-state index is 12.5. The van der Waals surface area contributed by atoms with E-state index in [-0.39, 0.29) is 17.7 Å². The van der Waals surface area contributed by atoms with E-state index in [2.05, 4.69) is 5.32 Å². The normalized spacial score (nSPS) is 23.9. The van der Waals surface area contributed by atoms with Crippen molar-refractivity contribution in [2.24, 2.45) is 5.92 Å². The molecule has 21 heavy (non-hydrogen) atoms. The summed E-state index contributed by atoms with van der Waals surface area (Å²) in [7, 11) is 0. The fourth-order valence-corrected chi connectivity index (χ4v) is 2.90. The number of hydrogen-bond acceptors (Lipinski definition) is 2. The molecule has 1 N–H and O–H groups in total. The van der Waals surface area contributed by atoms with Crippen LogP contribution in [0.4, 0.5) is 0 Å². The molecule has 1 saturated heterocycles. The molecule has 2 amide bonds. The Labute approximate surface area is 130 Å². The zero-order valence-corrected chi connectivity index (χ0v) is 13.4. The van der Waals surface area contributed by atoms with Crippen LogP contribution in [0.5, 0.6) is 0 Å². The molecule has 0 saturated carbocycles. The van der Waals surface area contributed by atoms with Crippen LogP contribution in [0.1, 0.15) is 32.8 Å². The number of nitrogens with zero attached hydrogens (tertiary/aromatic N) is 1. The molecule has 0 bridgehead atoms. The van der Waals surface area contributed by atoms with Crippen LogP contribution in [-0.4, -0.2) is 28.8 Å². The van der Waals surface area contributed by atoms with Gasteiger partial charge < -0.3 is 10.2 Å². The van der Waals surface area contributed by atoms with Gasteiger partial charge in [0.2, 0.25) is 11.8 Å². The zero-order valence-electron chi connectivity index (χ0n) is 12.6. The number of carbonyl (C=O) groups excluding carboxylic acids is 2. The summed E-state index contributed by atoms with van der Waals surface area (Å²) >= 11 is 6.00.